The third-order valence-corrected chi connectivity index (χ3v) is 2.66. The van der Waals surface area contributed by atoms with E-state index in [9.17, 15) is 4.79 Å². The molecule has 0 atom stereocenters. The lowest BCUT2D eigenvalue weighted by Crippen LogP contribution is -2.12. The maximum absolute atomic E-state index is 10.3. The first-order valence-corrected chi connectivity index (χ1v) is 5.03. The Morgan fingerprint density at radius 1 is 1.43 bits per heavy atom. The van der Waals surface area contributed by atoms with Gasteiger partial charge in [-0.15, -0.1) is 0 Å². The monoisotopic (exact) mass is 190 g/mol. The molecule has 0 saturated heterocycles. The topological polar surface area (TPSA) is 26.3 Å². The fourth-order valence-corrected chi connectivity index (χ4v) is 1.95. The van der Waals surface area contributed by atoms with Gasteiger partial charge in [-0.3, -0.25) is 0 Å². The van der Waals surface area contributed by atoms with Crippen molar-refractivity contribution in [1.29, 1.82) is 0 Å². The molecule has 0 radical (unpaired) electrons. The molecule has 0 N–H and O–H groups in total. The van der Waals surface area contributed by atoms with Gasteiger partial charge in [-0.2, -0.15) is 0 Å². The van der Waals surface area contributed by atoms with Gasteiger partial charge in [0.2, 0.25) is 0 Å². The van der Waals surface area contributed by atoms with Gasteiger partial charge in [-0.1, -0.05) is 18.2 Å². The molecule has 2 nitrogen and oxygen atoms in total. The Morgan fingerprint density at radius 2 is 2.36 bits per heavy atom. The largest absolute Gasteiger partial charge is 0.376 e. The second-order valence-corrected chi connectivity index (χ2v) is 3.56. The molecule has 2 heteroatoms. The smallest absolute Gasteiger partial charge is 0.120 e. The van der Waals surface area contributed by atoms with Gasteiger partial charge < -0.3 is 9.53 Å². The summed E-state index contributed by atoms with van der Waals surface area (Å²) >= 11 is 0. The van der Waals surface area contributed by atoms with Crippen LogP contribution in [0.4, 0.5) is 0 Å². The van der Waals surface area contributed by atoms with Gasteiger partial charge in [0, 0.05) is 6.42 Å². The number of benzene rings is 1. The molecular formula is C12H14O2. The number of hydrogen-bond donors (Lipinski definition) is 0. The highest BCUT2D eigenvalue weighted by atomic mass is 16.5. The lowest BCUT2D eigenvalue weighted by molar-refractivity contribution is -0.107. The zero-order valence-corrected chi connectivity index (χ0v) is 8.16. The molecule has 0 spiro atoms. The van der Waals surface area contributed by atoms with Crippen molar-refractivity contribution in [3.05, 3.63) is 34.9 Å². The summed E-state index contributed by atoms with van der Waals surface area (Å²) in [4.78, 5) is 10.3. The third kappa shape index (κ3) is 1.85. The Labute approximate surface area is 83.9 Å². The van der Waals surface area contributed by atoms with Crippen molar-refractivity contribution in [1.82, 2.24) is 0 Å². The zero-order chi connectivity index (χ0) is 9.80. The van der Waals surface area contributed by atoms with E-state index in [-0.39, 0.29) is 0 Å². The van der Waals surface area contributed by atoms with Crippen molar-refractivity contribution in [2.75, 3.05) is 6.61 Å². The summed E-state index contributed by atoms with van der Waals surface area (Å²) in [7, 11) is 0. The zero-order valence-electron chi connectivity index (χ0n) is 8.16. The van der Waals surface area contributed by atoms with Crippen LogP contribution in [0.2, 0.25) is 0 Å². The fourth-order valence-electron chi connectivity index (χ4n) is 1.95. The van der Waals surface area contributed by atoms with Crippen LogP contribution in [0.15, 0.2) is 18.2 Å². The highest BCUT2D eigenvalue weighted by Gasteiger charge is 2.12. The first-order valence-electron chi connectivity index (χ1n) is 5.03. The average Bonchev–Trinajstić information content (AvgIpc) is 2.26. The van der Waals surface area contributed by atoms with Crippen LogP contribution in [0, 0.1) is 0 Å². The van der Waals surface area contributed by atoms with Gasteiger partial charge in [0.1, 0.15) is 6.29 Å². The van der Waals surface area contributed by atoms with E-state index in [1.165, 1.54) is 16.7 Å². The van der Waals surface area contributed by atoms with E-state index in [1.807, 2.05) is 6.07 Å². The van der Waals surface area contributed by atoms with Crippen LogP contribution in [0.3, 0.4) is 0 Å². The van der Waals surface area contributed by atoms with Crippen LogP contribution in [-0.4, -0.2) is 12.9 Å². The molecule has 0 unspecified atom stereocenters. The molecule has 0 saturated carbocycles. The van der Waals surface area contributed by atoms with Crippen molar-refractivity contribution in [2.24, 2.45) is 0 Å². The summed E-state index contributed by atoms with van der Waals surface area (Å²) in [6.45, 7) is 1.54. The number of rotatable bonds is 3. The van der Waals surface area contributed by atoms with E-state index in [0.717, 1.165) is 32.3 Å². The molecule has 1 aromatic carbocycles. The molecule has 0 aliphatic carbocycles. The molecule has 0 bridgehead atoms. The molecule has 74 valence electrons. The van der Waals surface area contributed by atoms with Gasteiger partial charge in [-0.05, 0) is 29.5 Å². The highest BCUT2D eigenvalue weighted by molar-refractivity contribution is 5.50. The van der Waals surface area contributed by atoms with Crippen molar-refractivity contribution in [3.8, 4) is 0 Å². The van der Waals surface area contributed by atoms with Crippen LogP contribution in [0.1, 0.15) is 23.1 Å². The summed E-state index contributed by atoms with van der Waals surface area (Å²) in [5, 5.41) is 0. The molecule has 1 aromatic rings. The van der Waals surface area contributed by atoms with E-state index in [0.29, 0.717) is 6.42 Å². The van der Waals surface area contributed by atoms with Crippen molar-refractivity contribution in [2.45, 2.75) is 25.9 Å². The predicted molar refractivity (Wildman–Crippen MR) is 54.2 cm³/mol. The SMILES string of the molecule is O=CCCc1cccc2c1CCOC2. The average molecular weight is 190 g/mol. The highest BCUT2D eigenvalue weighted by Crippen LogP contribution is 2.21. The van der Waals surface area contributed by atoms with Gasteiger partial charge in [0.25, 0.3) is 0 Å². The van der Waals surface area contributed by atoms with Crippen LogP contribution in [0.5, 0.6) is 0 Å². The maximum atomic E-state index is 10.3. The van der Waals surface area contributed by atoms with E-state index >= 15 is 0 Å². The molecule has 0 fully saturated rings. The Balaban J connectivity index is 2.25. The van der Waals surface area contributed by atoms with Crippen LogP contribution in [0.25, 0.3) is 0 Å². The van der Waals surface area contributed by atoms with Crippen LogP contribution >= 0.6 is 0 Å². The van der Waals surface area contributed by atoms with Crippen molar-refractivity contribution in [3.63, 3.8) is 0 Å². The fraction of sp³-hybridized carbons (Fsp3) is 0.417. The number of aldehydes is 1. The number of aryl methyl sites for hydroxylation is 1. The number of fused-ring (bicyclic) bond motifs is 1. The lowest BCUT2D eigenvalue weighted by atomic mass is 9.95. The molecule has 14 heavy (non-hydrogen) atoms. The van der Waals surface area contributed by atoms with E-state index in [4.69, 9.17) is 4.74 Å². The second kappa shape index (κ2) is 4.38. The number of hydrogen-bond acceptors (Lipinski definition) is 2. The van der Waals surface area contributed by atoms with E-state index in [1.54, 1.807) is 0 Å². The lowest BCUT2D eigenvalue weighted by Gasteiger charge is -2.19. The summed E-state index contributed by atoms with van der Waals surface area (Å²) in [5.41, 5.74) is 4.01. The van der Waals surface area contributed by atoms with Crippen molar-refractivity contribution < 1.29 is 9.53 Å². The van der Waals surface area contributed by atoms with E-state index < -0.39 is 0 Å². The summed E-state index contributed by atoms with van der Waals surface area (Å²) in [6.07, 6.45) is 3.47. The third-order valence-electron chi connectivity index (χ3n) is 2.66. The molecule has 0 aromatic heterocycles. The van der Waals surface area contributed by atoms with Crippen LogP contribution in [-0.2, 0) is 29.0 Å². The molecule has 1 aliphatic heterocycles. The maximum Gasteiger partial charge on any atom is 0.120 e. The number of carbonyl (C=O) groups excluding carboxylic acids is 1. The standard InChI is InChI=1S/C12H14O2/c13-7-2-5-10-3-1-4-11-9-14-8-6-12(10)11/h1,3-4,7H,2,5-6,8-9H2. The Morgan fingerprint density at radius 3 is 3.21 bits per heavy atom. The molecule has 2 rings (SSSR count). The summed E-state index contributed by atoms with van der Waals surface area (Å²) in [6, 6.07) is 6.28. The first kappa shape index (κ1) is 9.41. The molecule has 1 aliphatic rings. The second-order valence-electron chi connectivity index (χ2n) is 3.56. The number of carbonyl (C=O) groups is 1. The Bertz CT molecular complexity index is 331. The van der Waals surface area contributed by atoms with Gasteiger partial charge >= 0.3 is 0 Å². The normalized spacial score (nSPS) is 14.9. The van der Waals surface area contributed by atoms with Gasteiger partial charge in [0.15, 0.2) is 0 Å². The summed E-state index contributed by atoms with van der Waals surface area (Å²) in [5.74, 6) is 0. The molecular weight excluding hydrogens is 176 g/mol. The Hall–Kier alpha value is -1.15. The first-order chi connectivity index (χ1) is 6.92. The Kier molecular flexibility index (Phi) is 2.94. The van der Waals surface area contributed by atoms with E-state index in [2.05, 4.69) is 12.1 Å². The van der Waals surface area contributed by atoms with Crippen LogP contribution < -0.4 is 0 Å². The predicted octanol–water partition coefficient (Wildman–Crippen LogP) is 1.89. The van der Waals surface area contributed by atoms with Gasteiger partial charge in [-0.25, -0.2) is 0 Å². The molecule has 1 heterocycles. The van der Waals surface area contributed by atoms with Crippen molar-refractivity contribution >= 4 is 6.29 Å². The van der Waals surface area contributed by atoms with Gasteiger partial charge in [0.05, 0.1) is 13.2 Å². The molecule has 0 amide bonds. The minimum atomic E-state index is 0.622. The number of ether oxygens (including phenoxy) is 1. The minimum Gasteiger partial charge on any atom is -0.376 e. The quantitative estimate of drug-likeness (QED) is 0.680. The summed E-state index contributed by atoms with van der Waals surface area (Å²) < 4.78 is 5.39. The minimum absolute atomic E-state index is 0.622.